The second-order valence-corrected chi connectivity index (χ2v) is 4.35. The zero-order chi connectivity index (χ0) is 11.4. The molecule has 3 nitrogen and oxygen atoms in total. The number of nitrogens with one attached hydrogen (secondary N) is 1. The summed E-state index contributed by atoms with van der Waals surface area (Å²) in [6.45, 7) is 0. The number of anilines is 2. The van der Waals surface area contributed by atoms with Gasteiger partial charge in [-0.2, -0.15) is 0 Å². The van der Waals surface area contributed by atoms with Crippen LogP contribution in [-0.2, 0) is 0 Å². The van der Waals surface area contributed by atoms with Crippen LogP contribution in [0.25, 0.3) is 0 Å². The van der Waals surface area contributed by atoms with Crippen LogP contribution in [0.3, 0.4) is 0 Å². The van der Waals surface area contributed by atoms with Gasteiger partial charge in [-0.05, 0) is 24.5 Å². The number of benzene rings is 1. The summed E-state index contributed by atoms with van der Waals surface area (Å²) in [7, 11) is 0. The Morgan fingerprint density at radius 2 is 2.12 bits per heavy atom. The van der Waals surface area contributed by atoms with Gasteiger partial charge in [0.2, 0.25) is 0 Å². The maximum Gasteiger partial charge on any atom is 0.135 e. The van der Waals surface area contributed by atoms with Crippen molar-refractivity contribution in [3.05, 3.63) is 41.8 Å². The Morgan fingerprint density at radius 1 is 1.25 bits per heavy atom. The number of thioether (sulfide) groups is 1. The van der Waals surface area contributed by atoms with Crippen molar-refractivity contribution in [3.63, 3.8) is 0 Å². The Morgan fingerprint density at radius 3 is 2.88 bits per heavy atom. The zero-order valence-electron chi connectivity index (χ0n) is 8.64. The van der Waals surface area contributed by atoms with Crippen molar-refractivity contribution in [2.45, 2.75) is 4.90 Å². The van der Waals surface area contributed by atoms with Crippen molar-refractivity contribution in [2.75, 3.05) is 11.6 Å². The minimum Gasteiger partial charge on any atom is -0.340 e. The maximum absolute atomic E-state index is 5.77. The SMILES string of the molecule is CSc1cccc(Nc2cc(Cl)ncn2)c1. The number of aromatic nitrogens is 2. The van der Waals surface area contributed by atoms with E-state index in [0.29, 0.717) is 11.0 Å². The van der Waals surface area contributed by atoms with Crippen molar-refractivity contribution < 1.29 is 0 Å². The molecule has 1 heterocycles. The fourth-order valence-corrected chi connectivity index (χ4v) is 1.86. The van der Waals surface area contributed by atoms with E-state index in [1.165, 1.54) is 11.2 Å². The van der Waals surface area contributed by atoms with Gasteiger partial charge in [0.05, 0.1) is 0 Å². The van der Waals surface area contributed by atoms with Gasteiger partial charge in [0.15, 0.2) is 0 Å². The number of hydrogen-bond acceptors (Lipinski definition) is 4. The summed E-state index contributed by atoms with van der Waals surface area (Å²) in [6, 6.07) is 9.78. The first-order chi connectivity index (χ1) is 7.78. The summed E-state index contributed by atoms with van der Waals surface area (Å²) in [5.74, 6) is 0.693. The Hall–Kier alpha value is -1.26. The highest BCUT2D eigenvalue weighted by molar-refractivity contribution is 7.98. The molecule has 1 aromatic carbocycles. The summed E-state index contributed by atoms with van der Waals surface area (Å²) in [6.07, 6.45) is 3.48. The molecule has 0 spiro atoms. The molecule has 0 atom stereocenters. The van der Waals surface area contributed by atoms with Crippen LogP contribution < -0.4 is 5.32 Å². The van der Waals surface area contributed by atoms with Crippen LogP contribution in [0.1, 0.15) is 0 Å². The molecule has 0 saturated carbocycles. The lowest BCUT2D eigenvalue weighted by Crippen LogP contribution is -1.93. The van der Waals surface area contributed by atoms with E-state index < -0.39 is 0 Å². The topological polar surface area (TPSA) is 37.8 Å². The summed E-state index contributed by atoms with van der Waals surface area (Å²) >= 11 is 7.47. The van der Waals surface area contributed by atoms with Crippen LogP contribution in [0.15, 0.2) is 41.6 Å². The van der Waals surface area contributed by atoms with E-state index in [2.05, 4.69) is 27.4 Å². The molecule has 1 N–H and O–H groups in total. The molecule has 0 fully saturated rings. The van der Waals surface area contributed by atoms with E-state index >= 15 is 0 Å². The monoisotopic (exact) mass is 251 g/mol. The van der Waals surface area contributed by atoms with E-state index in [1.807, 2.05) is 18.4 Å². The summed E-state index contributed by atoms with van der Waals surface area (Å²) in [4.78, 5) is 9.10. The molecule has 5 heteroatoms. The molecule has 0 aliphatic carbocycles. The lowest BCUT2D eigenvalue weighted by Gasteiger charge is -2.06. The summed E-state index contributed by atoms with van der Waals surface area (Å²) in [5, 5.41) is 3.60. The molecular weight excluding hydrogens is 242 g/mol. The highest BCUT2D eigenvalue weighted by Gasteiger charge is 1.98. The van der Waals surface area contributed by atoms with E-state index in [0.717, 1.165) is 5.69 Å². The quantitative estimate of drug-likeness (QED) is 0.668. The van der Waals surface area contributed by atoms with Crippen LogP contribution >= 0.6 is 23.4 Å². The third-order valence-corrected chi connectivity index (χ3v) is 2.91. The zero-order valence-corrected chi connectivity index (χ0v) is 10.2. The molecule has 0 unspecified atom stereocenters. The third kappa shape index (κ3) is 2.87. The third-order valence-electron chi connectivity index (χ3n) is 1.98. The number of rotatable bonds is 3. The van der Waals surface area contributed by atoms with Gasteiger partial charge in [-0.3, -0.25) is 0 Å². The van der Waals surface area contributed by atoms with Crippen molar-refractivity contribution in [1.29, 1.82) is 0 Å². The molecule has 0 bridgehead atoms. The van der Waals surface area contributed by atoms with Crippen molar-refractivity contribution >= 4 is 34.9 Å². The Kier molecular flexibility index (Phi) is 3.64. The number of halogens is 1. The van der Waals surface area contributed by atoms with Crippen LogP contribution in [0.2, 0.25) is 5.15 Å². The number of nitrogens with zero attached hydrogens (tertiary/aromatic N) is 2. The van der Waals surface area contributed by atoms with E-state index in [9.17, 15) is 0 Å². The predicted octanol–water partition coefficient (Wildman–Crippen LogP) is 3.60. The van der Waals surface area contributed by atoms with Gasteiger partial charge >= 0.3 is 0 Å². The molecule has 0 saturated heterocycles. The van der Waals surface area contributed by atoms with Gasteiger partial charge in [-0.1, -0.05) is 17.7 Å². The maximum atomic E-state index is 5.77. The van der Waals surface area contributed by atoms with Crippen LogP contribution in [-0.4, -0.2) is 16.2 Å². The van der Waals surface area contributed by atoms with Gasteiger partial charge < -0.3 is 5.32 Å². The fraction of sp³-hybridized carbons (Fsp3) is 0.0909. The van der Waals surface area contributed by atoms with E-state index in [4.69, 9.17) is 11.6 Å². The smallest absolute Gasteiger partial charge is 0.135 e. The molecular formula is C11H10ClN3S. The first-order valence-corrected chi connectivity index (χ1v) is 6.27. The molecule has 0 radical (unpaired) electrons. The highest BCUT2D eigenvalue weighted by Crippen LogP contribution is 2.21. The second kappa shape index (κ2) is 5.18. The Balaban J connectivity index is 2.20. The van der Waals surface area contributed by atoms with Crippen LogP contribution in [0.5, 0.6) is 0 Å². The predicted molar refractivity (Wildman–Crippen MR) is 68.5 cm³/mol. The van der Waals surface area contributed by atoms with Crippen molar-refractivity contribution in [2.24, 2.45) is 0 Å². The lowest BCUT2D eigenvalue weighted by molar-refractivity contribution is 1.17. The lowest BCUT2D eigenvalue weighted by atomic mass is 10.3. The average Bonchev–Trinajstić information content (AvgIpc) is 2.29. The minimum absolute atomic E-state index is 0.429. The van der Waals surface area contributed by atoms with Gasteiger partial charge in [-0.25, -0.2) is 9.97 Å². The molecule has 0 aliphatic heterocycles. The molecule has 82 valence electrons. The minimum atomic E-state index is 0.429. The number of hydrogen-bond donors (Lipinski definition) is 1. The summed E-state index contributed by atoms with van der Waals surface area (Å²) < 4.78 is 0. The van der Waals surface area contributed by atoms with Crippen LogP contribution in [0, 0.1) is 0 Å². The summed E-state index contributed by atoms with van der Waals surface area (Å²) in [5.41, 5.74) is 0.988. The van der Waals surface area contributed by atoms with E-state index in [-0.39, 0.29) is 0 Å². The molecule has 0 amide bonds. The largest absolute Gasteiger partial charge is 0.340 e. The molecule has 2 rings (SSSR count). The molecule has 2 aromatic rings. The first kappa shape index (κ1) is 11.2. The Labute approximate surface area is 103 Å². The highest BCUT2D eigenvalue weighted by atomic mass is 35.5. The first-order valence-electron chi connectivity index (χ1n) is 4.66. The van der Waals surface area contributed by atoms with Gasteiger partial charge in [0.25, 0.3) is 0 Å². The standard InChI is InChI=1S/C11H10ClN3S/c1-16-9-4-2-3-8(5-9)15-11-6-10(12)13-7-14-11/h2-7H,1H3,(H,13,14,15). The van der Waals surface area contributed by atoms with Gasteiger partial charge in [-0.15, -0.1) is 11.8 Å². The normalized spacial score (nSPS) is 10.1. The van der Waals surface area contributed by atoms with Crippen molar-refractivity contribution in [3.8, 4) is 0 Å². The molecule has 0 aliphatic rings. The van der Waals surface area contributed by atoms with Gasteiger partial charge in [0.1, 0.15) is 17.3 Å². The fourth-order valence-electron chi connectivity index (χ4n) is 1.25. The van der Waals surface area contributed by atoms with E-state index in [1.54, 1.807) is 17.8 Å². The molecule has 16 heavy (non-hydrogen) atoms. The Bertz CT molecular complexity index is 490. The molecule has 1 aromatic heterocycles. The van der Waals surface area contributed by atoms with Crippen molar-refractivity contribution in [1.82, 2.24) is 9.97 Å². The second-order valence-electron chi connectivity index (χ2n) is 3.08. The van der Waals surface area contributed by atoms with Crippen LogP contribution in [0.4, 0.5) is 11.5 Å². The average molecular weight is 252 g/mol. The van der Waals surface area contributed by atoms with Gasteiger partial charge in [0, 0.05) is 16.6 Å².